The number of aromatic amines is 1. The smallest absolute Gasteiger partial charge is 0.251 e. The van der Waals surface area contributed by atoms with E-state index < -0.39 is 3.79 Å². The molecule has 0 spiro atoms. The van der Waals surface area contributed by atoms with E-state index in [1.54, 1.807) is 7.05 Å². The number of alkyl halides is 3. The predicted molar refractivity (Wildman–Crippen MR) is 56.9 cm³/mol. The third-order valence-corrected chi connectivity index (χ3v) is 1.96. The molecule has 4 nitrogen and oxygen atoms in total. The Morgan fingerprint density at radius 1 is 1.57 bits per heavy atom. The highest BCUT2D eigenvalue weighted by Crippen LogP contribution is 2.35. The first-order valence-corrected chi connectivity index (χ1v) is 4.89. The highest BCUT2D eigenvalue weighted by Gasteiger charge is 2.26. The van der Waals surface area contributed by atoms with Crippen LogP contribution in [0.4, 0.5) is 0 Å². The van der Waals surface area contributed by atoms with Crippen LogP contribution in [0, 0.1) is 0 Å². The fraction of sp³-hybridized carbons (Fsp3) is 0.429. The van der Waals surface area contributed by atoms with Crippen molar-refractivity contribution in [3.8, 4) is 0 Å². The fourth-order valence-electron chi connectivity index (χ4n) is 0.914. The van der Waals surface area contributed by atoms with Crippen LogP contribution in [0.25, 0.3) is 0 Å². The number of nitrogens with one attached hydrogen (secondary N) is 2. The maximum absolute atomic E-state index is 11.1. The van der Waals surface area contributed by atoms with E-state index in [1.807, 2.05) is 0 Å². The molecule has 0 fully saturated rings. The van der Waals surface area contributed by atoms with Crippen LogP contribution in [0.1, 0.15) is 11.5 Å². The van der Waals surface area contributed by atoms with Gasteiger partial charge in [0.2, 0.25) is 3.79 Å². The molecule has 1 rings (SSSR count). The van der Waals surface area contributed by atoms with Gasteiger partial charge in [0.25, 0.3) is 5.56 Å². The number of hydrogen-bond acceptors (Lipinski definition) is 3. The van der Waals surface area contributed by atoms with Crippen LogP contribution in [0.5, 0.6) is 0 Å². The largest absolute Gasteiger partial charge is 0.314 e. The maximum atomic E-state index is 11.1. The summed E-state index contributed by atoms with van der Waals surface area (Å²) >= 11 is 16.7. The summed E-state index contributed by atoms with van der Waals surface area (Å²) in [6.45, 7) is 0.442. The Morgan fingerprint density at radius 3 is 2.71 bits per heavy atom. The molecule has 0 unspecified atom stereocenters. The molecular weight excluding hydrogens is 248 g/mol. The van der Waals surface area contributed by atoms with Crippen LogP contribution in [-0.4, -0.2) is 17.0 Å². The molecule has 1 aromatic heterocycles. The number of aromatic nitrogens is 2. The molecule has 0 aliphatic carbocycles. The van der Waals surface area contributed by atoms with E-state index in [-0.39, 0.29) is 11.4 Å². The second-order valence-corrected chi connectivity index (χ2v) is 4.89. The first-order valence-electron chi connectivity index (χ1n) is 3.75. The van der Waals surface area contributed by atoms with Crippen molar-refractivity contribution in [2.24, 2.45) is 0 Å². The van der Waals surface area contributed by atoms with Crippen molar-refractivity contribution in [1.82, 2.24) is 15.3 Å². The van der Waals surface area contributed by atoms with E-state index in [0.29, 0.717) is 12.2 Å². The Bertz CT molecular complexity index is 371. The lowest BCUT2D eigenvalue weighted by Crippen LogP contribution is -2.20. The van der Waals surface area contributed by atoms with Crippen molar-refractivity contribution in [2.45, 2.75) is 10.3 Å². The predicted octanol–water partition coefficient (Wildman–Crippen LogP) is 1.32. The lowest BCUT2D eigenvalue weighted by atomic mass is 10.4. The highest BCUT2D eigenvalue weighted by molar-refractivity contribution is 6.66. The van der Waals surface area contributed by atoms with Gasteiger partial charge in [0.15, 0.2) is 5.82 Å². The molecule has 0 aliphatic heterocycles. The van der Waals surface area contributed by atoms with Gasteiger partial charge in [0.05, 0.1) is 5.69 Å². The van der Waals surface area contributed by atoms with Crippen molar-refractivity contribution in [1.29, 1.82) is 0 Å². The second kappa shape index (κ2) is 4.49. The van der Waals surface area contributed by atoms with E-state index in [9.17, 15) is 4.79 Å². The minimum Gasteiger partial charge on any atom is -0.314 e. The molecule has 0 saturated heterocycles. The van der Waals surface area contributed by atoms with Crippen molar-refractivity contribution >= 4 is 34.8 Å². The van der Waals surface area contributed by atoms with Gasteiger partial charge in [0.1, 0.15) is 0 Å². The van der Waals surface area contributed by atoms with Gasteiger partial charge in [-0.3, -0.25) is 4.79 Å². The Morgan fingerprint density at radius 2 is 2.21 bits per heavy atom. The zero-order valence-electron chi connectivity index (χ0n) is 7.27. The Hall–Kier alpha value is -0.290. The normalized spacial score (nSPS) is 11.7. The van der Waals surface area contributed by atoms with Crippen molar-refractivity contribution in [2.75, 3.05) is 7.05 Å². The average molecular weight is 257 g/mol. The molecule has 0 radical (unpaired) electrons. The zero-order chi connectivity index (χ0) is 10.8. The Kier molecular flexibility index (Phi) is 3.78. The first kappa shape index (κ1) is 11.8. The molecule has 2 N–H and O–H groups in total. The van der Waals surface area contributed by atoms with Crippen molar-refractivity contribution < 1.29 is 0 Å². The van der Waals surface area contributed by atoms with Crippen LogP contribution >= 0.6 is 34.8 Å². The summed E-state index contributed by atoms with van der Waals surface area (Å²) in [5.74, 6) is 0.0280. The molecule has 0 aliphatic rings. The van der Waals surface area contributed by atoms with Crippen LogP contribution in [-0.2, 0) is 10.3 Å². The standard InChI is InChI=1S/C7H8Cl3N3O/c1-11-3-4-2-5(14)13-6(12-4)7(8,9)10/h2,11H,3H2,1H3,(H,12,13,14). The molecular formula is C7H8Cl3N3O. The topological polar surface area (TPSA) is 57.8 Å². The van der Waals surface area contributed by atoms with Gasteiger partial charge in [-0.15, -0.1) is 0 Å². The van der Waals surface area contributed by atoms with Crippen LogP contribution < -0.4 is 10.9 Å². The lowest BCUT2D eigenvalue weighted by Gasteiger charge is -2.10. The fourth-order valence-corrected chi connectivity index (χ4v) is 1.18. The number of nitrogens with zero attached hydrogens (tertiary/aromatic N) is 1. The van der Waals surface area contributed by atoms with Gasteiger partial charge in [0, 0.05) is 12.6 Å². The van der Waals surface area contributed by atoms with E-state index in [1.165, 1.54) is 6.07 Å². The molecule has 1 heterocycles. The van der Waals surface area contributed by atoms with Crippen molar-refractivity contribution in [3.63, 3.8) is 0 Å². The second-order valence-electron chi connectivity index (χ2n) is 2.61. The third-order valence-electron chi connectivity index (χ3n) is 1.42. The Balaban J connectivity index is 3.14. The van der Waals surface area contributed by atoms with E-state index >= 15 is 0 Å². The minimum atomic E-state index is -1.71. The number of rotatable bonds is 2. The molecule has 7 heteroatoms. The summed E-state index contributed by atoms with van der Waals surface area (Å²) in [7, 11) is 1.73. The molecule has 0 bridgehead atoms. The maximum Gasteiger partial charge on any atom is 0.251 e. The van der Waals surface area contributed by atoms with E-state index in [2.05, 4.69) is 15.3 Å². The summed E-state index contributed by atoms with van der Waals surface area (Å²) in [5.41, 5.74) is 0.184. The summed E-state index contributed by atoms with van der Waals surface area (Å²) in [6.07, 6.45) is 0. The number of hydrogen-bond donors (Lipinski definition) is 2. The van der Waals surface area contributed by atoms with Gasteiger partial charge in [-0.05, 0) is 7.05 Å². The Labute approximate surface area is 95.6 Å². The SMILES string of the molecule is CNCc1cc(=O)[nH]c(C(Cl)(Cl)Cl)n1. The van der Waals surface area contributed by atoms with Crippen LogP contribution in [0.3, 0.4) is 0 Å². The summed E-state index contributed by atoms with van der Waals surface area (Å²) in [4.78, 5) is 17.5. The lowest BCUT2D eigenvalue weighted by molar-refractivity contribution is 0.766. The van der Waals surface area contributed by atoms with Gasteiger partial charge in [-0.25, -0.2) is 4.98 Å². The summed E-state index contributed by atoms with van der Waals surface area (Å²) < 4.78 is -1.71. The molecule has 0 saturated carbocycles. The molecule has 1 aromatic rings. The van der Waals surface area contributed by atoms with Gasteiger partial charge < -0.3 is 10.3 Å². The van der Waals surface area contributed by atoms with E-state index in [0.717, 1.165) is 0 Å². The molecule has 78 valence electrons. The van der Waals surface area contributed by atoms with Crippen LogP contribution in [0.2, 0.25) is 0 Å². The molecule has 0 atom stereocenters. The summed E-state index contributed by atoms with van der Waals surface area (Å²) in [6, 6.07) is 1.34. The van der Waals surface area contributed by atoms with Crippen LogP contribution in [0.15, 0.2) is 10.9 Å². The van der Waals surface area contributed by atoms with Gasteiger partial charge in [-0.1, -0.05) is 34.8 Å². The number of halogens is 3. The third kappa shape index (κ3) is 3.13. The minimum absolute atomic E-state index is 0.0280. The molecule has 0 aromatic carbocycles. The van der Waals surface area contributed by atoms with Gasteiger partial charge in [-0.2, -0.15) is 0 Å². The molecule has 14 heavy (non-hydrogen) atoms. The number of H-pyrrole nitrogens is 1. The monoisotopic (exact) mass is 255 g/mol. The highest BCUT2D eigenvalue weighted by atomic mass is 35.6. The van der Waals surface area contributed by atoms with Crippen molar-refractivity contribution in [3.05, 3.63) is 27.9 Å². The zero-order valence-corrected chi connectivity index (χ0v) is 9.54. The van der Waals surface area contributed by atoms with E-state index in [4.69, 9.17) is 34.8 Å². The molecule has 0 amide bonds. The van der Waals surface area contributed by atoms with Gasteiger partial charge >= 0.3 is 0 Å². The average Bonchev–Trinajstić information content (AvgIpc) is 2.02. The quantitative estimate of drug-likeness (QED) is 0.785. The summed E-state index contributed by atoms with van der Waals surface area (Å²) in [5, 5.41) is 2.85. The first-order chi connectivity index (χ1) is 6.43.